The highest BCUT2D eigenvalue weighted by molar-refractivity contribution is 6.29. The molecule has 0 N–H and O–H groups in total. The molecule has 1 aliphatic heterocycles. The second kappa shape index (κ2) is 3.60. The highest BCUT2D eigenvalue weighted by Crippen LogP contribution is 2.43. The first kappa shape index (κ1) is 9.50. The molecule has 0 atom stereocenters. The van der Waals surface area contributed by atoms with Gasteiger partial charge in [0.2, 0.25) is 0 Å². The van der Waals surface area contributed by atoms with Crippen molar-refractivity contribution in [2.24, 2.45) is 0 Å². The van der Waals surface area contributed by atoms with Gasteiger partial charge in [0.05, 0.1) is 6.61 Å². The Labute approximate surface area is 84.5 Å². The zero-order valence-electron chi connectivity index (χ0n) is 7.89. The molecular weight excluding hydrogens is 186 g/mol. The van der Waals surface area contributed by atoms with Gasteiger partial charge in [-0.3, -0.25) is 4.90 Å². The van der Waals surface area contributed by atoms with Crippen molar-refractivity contribution in [3.63, 3.8) is 0 Å². The van der Waals surface area contributed by atoms with Crippen LogP contribution in [0.1, 0.15) is 19.3 Å². The maximum atomic E-state index is 5.84. The summed E-state index contributed by atoms with van der Waals surface area (Å²) < 4.78 is 5.57. The molecule has 0 aromatic heterocycles. The van der Waals surface area contributed by atoms with E-state index in [1.807, 2.05) is 0 Å². The standard InChI is InChI=1S/C10H16ClNO/c1-9(11)7-12-5-2-6-13-8-10(12)3-4-10/h1-8H2. The van der Waals surface area contributed by atoms with Crippen LogP contribution in [0, 0.1) is 0 Å². The lowest BCUT2D eigenvalue weighted by molar-refractivity contribution is 0.0921. The molecule has 2 rings (SSSR count). The van der Waals surface area contributed by atoms with Crippen molar-refractivity contribution in [2.75, 3.05) is 26.3 Å². The van der Waals surface area contributed by atoms with E-state index in [-0.39, 0.29) is 0 Å². The van der Waals surface area contributed by atoms with Crippen LogP contribution in [-0.2, 0) is 4.74 Å². The summed E-state index contributed by atoms with van der Waals surface area (Å²) in [7, 11) is 0. The van der Waals surface area contributed by atoms with Gasteiger partial charge in [-0.2, -0.15) is 0 Å². The molecule has 0 radical (unpaired) electrons. The third kappa shape index (κ3) is 2.06. The van der Waals surface area contributed by atoms with Crippen molar-refractivity contribution in [1.82, 2.24) is 4.90 Å². The zero-order valence-corrected chi connectivity index (χ0v) is 8.65. The van der Waals surface area contributed by atoms with Crippen molar-refractivity contribution < 1.29 is 4.74 Å². The third-order valence-electron chi connectivity index (χ3n) is 2.95. The summed E-state index contributed by atoms with van der Waals surface area (Å²) in [5.41, 5.74) is 0.328. The molecule has 0 bridgehead atoms. The number of rotatable bonds is 2. The lowest BCUT2D eigenvalue weighted by Crippen LogP contribution is -2.40. The van der Waals surface area contributed by atoms with Crippen LogP contribution in [0.15, 0.2) is 11.6 Å². The fraction of sp³-hybridized carbons (Fsp3) is 0.800. The van der Waals surface area contributed by atoms with E-state index in [9.17, 15) is 0 Å². The normalized spacial score (nSPS) is 27.2. The van der Waals surface area contributed by atoms with E-state index in [4.69, 9.17) is 16.3 Å². The molecular formula is C10H16ClNO. The summed E-state index contributed by atoms with van der Waals surface area (Å²) in [6.07, 6.45) is 3.64. The fourth-order valence-corrected chi connectivity index (χ4v) is 2.15. The summed E-state index contributed by atoms with van der Waals surface area (Å²) in [6.45, 7) is 7.47. The highest BCUT2D eigenvalue weighted by atomic mass is 35.5. The first-order valence-electron chi connectivity index (χ1n) is 4.89. The van der Waals surface area contributed by atoms with Crippen LogP contribution in [0.3, 0.4) is 0 Å². The fourth-order valence-electron chi connectivity index (χ4n) is 2.01. The molecule has 74 valence electrons. The van der Waals surface area contributed by atoms with Gasteiger partial charge in [0.15, 0.2) is 0 Å². The van der Waals surface area contributed by atoms with Crippen molar-refractivity contribution in [1.29, 1.82) is 0 Å². The average Bonchev–Trinajstić information content (AvgIpc) is 2.84. The molecule has 0 unspecified atom stereocenters. The largest absolute Gasteiger partial charge is 0.379 e. The molecule has 1 aliphatic carbocycles. The van der Waals surface area contributed by atoms with Crippen molar-refractivity contribution in [3.05, 3.63) is 11.6 Å². The summed E-state index contributed by atoms with van der Waals surface area (Å²) in [6, 6.07) is 0. The van der Waals surface area contributed by atoms with Gasteiger partial charge in [-0.05, 0) is 19.3 Å². The molecule has 0 amide bonds. The second-order valence-corrected chi connectivity index (χ2v) is 4.60. The topological polar surface area (TPSA) is 12.5 Å². The Morgan fingerprint density at radius 3 is 2.92 bits per heavy atom. The van der Waals surface area contributed by atoms with Crippen LogP contribution < -0.4 is 0 Å². The van der Waals surface area contributed by atoms with Crippen LogP contribution in [0.4, 0.5) is 0 Å². The van der Waals surface area contributed by atoms with Gasteiger partial charge in [0.1, 0.15) is 0 Å². The summed E-state index contributed by atoms with van der Waals surface area (Å²) in [5, 5.41) is 0.744. The molecule has 0 aromatic rings. The predicted molar refractivity (Wildman–Crippen MR) is 54.0 cm³/mol. The molecule has 1 saturated carbocycles. The number of hydrogen-bond acceptors (Lipinski definition) is 2. The van der Waals surface area contributed by atoms with E-state index in [0.717, 1.165) is 37.8 Å². The summed E-state index contributed by atoms with van der Waals surface area (Å²) in [4.78, 5) is 2.44. The second-order valence-electron chi connectivity index (χ2n) is 4.07. The predicted octanol–water partition coefficient (Wildman–Crippen LogP) is 1.99. The minimum Gasteiger partial charge on any atom is -0.379 e. The van der Waals surface area contributed by atoms with Gasteiger partial charge in [-0.1, -0.05) is 18.2 Å². The van der Waals surface area contributed by atoms with E-state index in [1.165, 1.54) is 12.8 Å². The first-order chi connectivity index (χ1) is 6.23. The minimum absolute atomic E-state index is 0.328. The molecule has 2 nitrogen and oxygen atoms in total. The Bertz CT molecular complexity index is 213. The minimum atomic E-state index is 0.328. The summed E-state index contributed by atoms with van der Waals surface area (Å²) >= 11 is 5.84. The van der Waals surface area contributed by atoms with Crippen LogP contribution in [0.5, 0.6) is 0 Å². The lowest BCUT2D eigenvalue weighted by atomic mass is 10.2. The number of hydrogen-bond donors (Lipinski definition) is 0. The number of ether oxygens (including phenoxy) is 1. The maximum Gasteiger partial charge on any atom is 0.0650 e. The van der Waals surface area contributed by atoms with Crippen LogP contribution in [-0.4, -0.2) is 36.7 Å². The molecule has 2 aliphatic rings. The van der Waals surface area contributed by atoms with Gasteiger partial charge in [0.25, 0.3) is 0 Å². The number of halogens is 1. The SMILES string of the molecule is C=C(Cl)CN1CCCOCC12CC2. The van der Waals surface area contributed by atoms with Gasteiger partial charge < -0.3 is 4.74 Å². The lowest BCUT2D eigenvalue weighted by Gasteiger charge is -2.28. The maximum absolute atomic E-state index is 5.84. The Balaban J connectivity index is 2.00. The Hall–Kier alpha value is -0.0500. The Morgan fingerprint density at radius 2 is 2.31 bits per heavy atom. The molecule has 1 heterocycles. The van der Waals surface area contributed by atoms with E-state index in [2.05, 4.69) is 11.5 Å². The molecule has 1 spiro atoms. The smallest absolute Gasteiger partial charge is 0.0650 e. The van der Waals surface area contributed by atoms with Crippen LogP contribution in [0.2, 0.25) is 0 Å². The monoisotopic (exact) mass is 201 g/mol. The number of nitrogens with zero attached hydrogens (tertiary/aromatic N) is 1. The zero-order chi connectivity index (χ0) is 9.31. The van der Waals surface area contributed by atoms with Gasteiger partial charge >= 0.3 is 0 Å². The molecule has 13 heavy (non-hydrogen) atoms. The van der Waals surface area contributed by atoms with Gasteiger partial charge in [0, 0.05) is 30.3 Å². The van der Waals surface area contributed by atoms with E-state index in [1.54, 1.807) is 0 Å². The van der Waals surface area contributed by atoms with Gasteiger partial charge in [-0.15, -0.1) is 0 Å². The quantitative estimate of drug-likeness (QED) is 0.678. The van der Waals surface area contributed by atoms with Crippen molar-refractivity contribution in [2.45, 2.75) is 24.8 Å². The van der Waals surface area contributed by atoms with E-state index in [0.29, 0.717) is 5.54 Å². The van der Waals surface area contributed by atoms with Crippen LogP contribution >= 0.6 is 11.6 Å². The van der Waals surface area contributed by atoms with Gasteiger partial charge in [-0.25, -0.2) is 0 Å². The van der Waals surface area contributed by atoms with E-state index < -0.39 is 0 Å². The summed E-state index contributed by atoms with van der Waals surface area (Å²) in [5.74, 6) is 0. The highest BCUT2D eigenvalue weighted by Gasteiger charge is 2.48. The van der Waals surface area contributed by atoms with Crippen molar-refractivity contribution in [3.8, 4) is 0 Å². The molecule has 0 aromatic carbocycles. The van der Waals surface area contributed by atoms with E-state index >= 15 is 0 Å². The average molecular weight is 202 g/mol. The Morgan fingerprint density at radius 1 is 1.54 bits per heavy atom. The molecule has 2 fully saturated rings. The Kier molecular flexibility index (Phi) is 2.63. The first-order valence-corrected chi connectivity index (χ1v) is 5.27. The van der Waals surface area contributed by atoms with Crippen LogP contribution in [0.25, 0.3) is 0 Å². The third-order valence-corrected chi connectivity index (χ3v) is 3.07. The molecule has 3 heteroatoms. The van der Waals surface area contributed by atoms with Crippen molar-refractivity contribution >= 4 is 11.6 Å². The molecule has 1 saturated heterocycles.